The first-order valence-corrected chi connectivity index (χ1v) is 8.64. The van der Waals surface area contributed by atoms with Crippen LogP contribution in [0.5, 0.6) is 0 Å². The fourth-order valence-electron chi connectivity index (χ4n) is 2.03. The molecule has 0 heterocycles. The summed E-state index contributed by atoms with van der Waals surface area (Å²) in [5.74, 6) is 0.665. The van der Waals surface area contributed by atoms with Crippen molar-refractivity contribution in [3.05, 3.63) is 29.3 Å². The van der Waals surface area contributed by atoms with Crippen LogP contribution in [-0.2, 0) is 16.6 Å². The van der Waals surface area contributed by atoms with Crippen molar-refractivity contribution >= 4 is 10.0 Å². The molecule has 3 N–H and O–H groups in total. The lowest BCUT2D eigenvalue weighted by Gasteiger charge is -2.10. The minimum Gasteiger partial charge on any atom is -0.326 e. The van der Waals surface area contributed by atoms with Crippen molar-refractivity contribution in [1.82, 2.24) is 4.72 Å². The second kappa shape index (κ2) is 7.76. The molecule has 0 atom stereocenters. The highest BCUT2D eigenvalue weighted by atomic mass is 32.2. The Morgan fingerprint density at radius 3 is 2.50 bits per heavy atom. The molecule has 5 heteroatoms. The zero-order valence-corrected chi connectivity index (χ0v) is 13.5. The van der Waals surface area contributed by atoms with E-state index in [4.69, 9.17) is 5.73 Å². The smallest absolute Gasteiger partial charge is 0.240 e. The topological polar surface area (TPSA) is 72.2 Å². The van der Waals surface area contributed by atoms with Crippen molar-refractivity contribution in [3.63, 3.8) is 0 Å². The predicted molar refractivity (Wildman–Crippen MR) is 82.9 cm³/mol. The average molecular weight is 298 g/mol. The quantitative estimate of drug-likeness (QED) is 0.724. The highest BCUT2D eigenvalue weighted by molar-refractivity contribution is 7.89. The number of hydrogen-bond acceptors (Lipinski definition) is 3. The van der Waals surface area contributed by atoms with E-state index in [9.17, 15) is 8.42 Å². The van der Waals surface area contributed by atoms with E-state index in [0.29, 0.717) is 23.9 Å². The van der Waals surface area contributed by atoms with Gasteiger partial charge in [-0.2, -0.15) is 0 Å². The zero-order chi connectivity index (χ0) is 15.2. The molecular weight excluding hydrogens is 272 g/mol. The minimum atomic E-state index is -3.40. The summed E-state index contributed by atoms with van der Waals surface area (Å²) in [6, 6.07) is 5.08. The molecule has 1 rings (SSSR count). The van der Waals surface area contributed by atoms with Gasteiger partial charge in [0.2, 0.25) is 10.0 Å². The number of rotatable bonds is 8. The Balaban J connectivity index is 2.58. The first-order chi connectivity index (χ1) is 9.36. The maximum absolute atomic E-state index is 12.1. The summed E-state index contributed by atoms with van der Waals surface area (Å²) in [7, 11) is -3.40. The lowest BCUT2D eigenvalue weighted by molar-refractivity contribution is 0.530. The summed E-state index contributed by atoms with van der Waals surface area (Å²) in [4.78, 5) is 0.316. The summed E-state index contributed by atoms with van der Waals surface area (Å²) in [6.07, 6.45) is 3.05. The van der Waals surface area contributed by atoms with Gasteiger partial charge in [-0.15, -0.1) is 0 Å². The Hall–Kier alpha value is -0.910. The number of benzene rings is 1. The molecule has 0 spiro atoms. The number of aryl methyl sites for hydroxylation is 1. The summed E-state index contributed by atoms with van der Waals surface area (Å²) in [5.41, 5.74) is 7.47. The molecule has 0 bridgehead atoms. The number of unbranched alkanes of at least 4 members (excludes halogenated alkanes) is 1. The van der Waals surface area contributed by atoms with Gasteiger partial charge in [-0.25, -0.2) is 13.1 Å². The van der Waals surface area contributed by atoms with Crippen LogP contribution in [0.2, 0.25) is 0 Å². The third kappa shape index (κ3) is 5.23. The summed E-state index contributed by atoms with van der Waals surface area (Å²) in [6.45, 7) is 7.14. The van der Waals surface area contributed by atoms with Gasteiger partial charge in [-0.05, 0) is 42.5 Å². The molecule has 0 saturated carbocycles. The van der Waals surface area contributed by atoms with E-state index in [0.717, 1.165) is 30.4 Å². The number of nitrogens with two attached hydrogens (primary N) is 1. The monoisotopic (exact) mass is 298 g/mol. The molecule has 0 aromatic heterocycles. The molecule has 1 aromatic rings. The Morgan fingerprint density at radius 2 is 1.95 bits per heavy atom. The number of hydrogen-bond donors (Lipinski definition) is 2. The number of nitrogens with one attached hydrogen (secondary N) is 1. The standard InChI is InChI=1S/C15H26N2O2S/c1-12(2)6-4-5-9-17-20(18,19)15-8-7-14(11-16)13(3)10-15/h7-8,10,12,17H,4-6,9,11,16H2,1-3H3. The lowest BCUT2D eigenvalue weighted by Crippen LogP contribution is -2.25. The maximum Gasteiger partial charge on any atom is 0.240 e. The van der Waals surface area contributed by atoms with Crippen molar-refractivity contribution in [2.24, 2.45) is 11.7 Å². The Kier molecular flexibility index (Phi) is 6.65. The molecule has 0 aliphatic heterocycles. The van der Waals surface area contributed by atoms with Crippen molar-refractivity contribution < 1.29 is 8.42 Å². The molecule has 4 nitrogen and oxygen atoms in total. The largest absolute Gasteiger partial charge is 0.326 e. The maximum atomic E-state index is 12.1. The van der Waals surface area contributed by atoms with Crippen molar-refractivity contribution in [3.8, 4) is 0 Å². The summed E-state index contributed by atoms with van der Waals surface area (Å²) in [5, 5.41) is 0. The second-order valence-electron chi connectivity index (χ2n) is 5.58. The summed E-state index contributed by atoms with van der Waals surface area (Å²) < 4.78 is 26.9. The van der Waals surface area contributed by atoms with Gasteiger partial charge in [0, 0.05) is 13.1 Å². The van der Waals surface area contributed by atoms with Gasteiger partial charge >= 0.3 is 0 Å². The van der Waals surface area contributed by atoms with Crippen molar-refractivity contribution in [2.75, 3.05) is 6.54 Å². The van der Waals surface area contributed by atoms with E-state index >= 15 is 0 Å². The lowest BCUT2D eigenvalue weighted by atomic mass is 10.1. The fraction of sp³-hybridized carbons (Fsp3) is 0.600. The highest BCUT2D eigenvalue weighted by Gasteiger charge is 2.14. The van der Waals surface area contributed by atoms with E-state index in [1.807, 2.05) is 6.92 Å². The highest BCUT2D eigenvalue weighted by Crippen LogP contribution is 2.15. The molecule has 0 fully saturated rings. The normalized spacial score (nSPS) is 12.1. The van der Waals surface area contributed by atoms with Crippen molar-refractivity contribution in [1.29, 1.82) is 0 Å². The van der Waals surface area contributed by atoms with Crippen LogP contribution in [0, 0.1) is 12.8 Å². The van der Waals surface area contributed by atoms with Crippen LogP contribution >= 0.6 is 0 Å². The van der Waals surface area contributed by atoms with Gasteiger partial charge < -0.3 is 5.73 Å². The number of sulfonamides is 1. The molecule has 0 saturated heterocycles. The second-order valence-corrected chi connectivity index (χ2v) is 7.35. The molecule has 0 radical (unpaired) electrons. The predicted octanol–water partition coefficient (Wildman–Crippen LogP) is 2.56. The van der Waals surface area contributed by atoms with Gasteiger partial charge in [-0.3, -0.25) is 0 Å². The van der Waals surface area contributed by atoms with Gasteiger partial charge in [0.05, 0.1) is 4.90 Å². The Bertz CT molecular complexity index is 525. The summed E-state index contributed by atoms with van der Waals surface area (Å²) >= 11 is 0. The van der Waals surface area contributed by atoms with Gasteiger partial charge in [0.1, 0.15) is 0 Å². The van der Waals surface area contributed by atoms with E-state index in [1.165, 1.54) is 0 Å². The zero-order valence-electron chi connectivity index (χ0n) is 12.6. The van der Waals surface area contributed by atoms with Gasteiger partial charge in [0.15, 0.2) is 0 Å². The molecule has 114 valence electrons. The van der Waals surface area contributed by atoms with E-state index in [2.05, 4.69) is 18.6 Å². The van der Waals surface area contributed by atoms with Crippen LogP contribution in [0.4, 0.5) is 0 Å². The molecule has 20 heavy (non-hydrogen) atoms. The van der Waals surface area contributed by atoms with Crippen LogP contribution < -0.4 is 10.5 Å². The van der Waals surface area contributed by atoms with Crippen LogP contribution in [0.25, 0.3) is 0 Å². The van der Waals surface area contributed by atoms with Gasteiger partial charge in [0.25, 0.3) is 0 Å². The fourth-order valence-corrected chi connectivity index (χ4v) is 3.19. The van der Waals surface area contributed by atoms with E-state index in [1.54, 1.807) is 18.2 Å². The molecule has 0 aliphatic rings. The Labute approximate surface area is 122 Å². The SMILES string of the molecule is Cc1cc(S(=O)(=O)NCCCCC(C)C)ccc1CN. The van der Waals surface area contributed by atoms with Crippen LogP contribution in [-0.4, -0.2) is 15.0 Å². The Morgan fingerprint density at radius 1 is 1.25 bits per heavy atom. The first kappa shape index (κ1) is 17.1. The molecule has 0 unspecified atom stereocenters. The minimum absolute atomic E-state index is 0.316. The van der Waals surface area contributed by atoms with Gasteiger partial charge in [-0.1, -0.05) is 32.8 Å². The molecule has 0 amide bonds. The molecule has 0 aliphatic carbocycles. The van der Waals surface area contributed by atoms with Crippen LogP contribution in [0.15, 0.2) is 23.1 Å². The third-order valence-electron chi connectivity index (χ3n) is 3.34. The molecular formula is C15H26N2O2S. The van der Waals surface area contributed by atoms with Crippen LogP contribution in [0.3, 0.4) is 0 Å². The van der Waals surface area contributed by atoms with Crippen molar-refractivity contribution in [2.45, 2.75) is 51.5 Å². The van der Waals surface area contributed by atoms with E-state index in [-0.39, 0.29) is 0 Å². The first-order valence-electron chi connectivity index (χ1n) is 7.16. The molecule has 1 aromatic carbocycles. The average Bonchev–Trinajstić information content (AvgIpc) is 2.37. The van der Waals surface area contributed by atoms with Crippen LogP contribution in [0.1, 0.15) is 44.2 Å². The van der Waals surface area contributed by atoms with E-state index < -0.39 is 10.0 Å². The third-order valence-corrected chi connectivity index (χ3v) is 4.80.